The molecular formula is C14H14F3N3. The van der Waals surface area contributed by atoms with Crippen LogP contribution in [0.2, 0.25) is 0 Å². The Balaban J connectivity index is 1.69. The third-order valence-electron chi connectivity index (χ3n) is 3.58. The molecule has 1 aromatic heterocycles. The van der Waals surface area contributed by atoms with E-state index in [4.69, 9.17) is 0 Å². The fourth-order valence-electron chi connectivity index (χ4n) is 2.35. The molecule has 3 rings (SSSR count). The van der Waals surface area contributed by atoms with Crippen molar-refractivity contribution in [2.24, 2.45) is 0 Å². The lowest BCUT2D eigenvalue weighted by atomic mass is 10.0. The number of aromatic nitrogens is 2. The van der Waals surface area contributed by atoms with Gasteiger partial charge in [-0.05, 0) is 30.7 Å². The lowest BCUT2D eigenvalue weighted by Crippen LogP contribution is -2.50. The molecule has 0 bridgehead atoms. The number of hydrogen-bond donors (Lipinski definition) is 0. The van der Waals surface area contributed by atoms with Crippen LogP contribution < -0.4 is 0 Å². The fraction of sp³-hybridized carbons (Fsp3) is 0.357. The number of benzene rings is 1. The van der Waals surface area contributed by atoms with Gasteiger partial charge in [0.2, 0.25) is 0 Å². The van der Waals surface area contributed by atoms with Crippen molar-refractivity contribution in [3.8, 4) is 5.69 Å². The molecule has 2 aromatic rings. The van der Waals surface area contributed by atoms with Gasteiger partial charge < -0.3 is 0 Å². The van der Waals surface area contributed by atoms with Crippen LogP contribution in [0.4, 0.5) is 13.2 Å². The number of nitrogens with zero attached hydrogens (tertiary/aromatic N) is 3. The van der Waals surface area contributed by atoms with Crippen LogP contribution >= 0.6 is 0 Å². The van der Waals surface area contributed by atoms with Gasteiger partial charge in [-0.2, -0.15) is 5.10 Å². The highest BCUT2D eigenvalue weighted by Gasteiger charge is 2.35. The summed E-state index contributed by atoms with van der Waals surface area (Å²) in [6, 6.07) is 5.33. The summed E-state index contributed by atoms with van der Waals surface area (Å²) in [6.07, 6.45) is 1.69. The SMILES string of the molecule is Fc1ccc(-n2cc(CN3CCC3C(F)F)cn2)cc1. The number of alkyl halides is 2. The van der Waals surface area contributed by atoms with Gasteiger partial charge in [0.25, 0.3) is 6.43 Å². The zero-order chi connectivity index (χ0) is 14.1. The van der Waals surface area contributed by atoms with Crippen LogP contribution in [0.25, 0.3) is 5.69 Å². The normalized spacial score (nSPS) is 19.3. The van der Waals surface area contributed by atoms with Crippen LogP contribution in [0.1, 0.15) is 12.0 Å². The maximum Gasteiger partial charge on any atom is 0.253 e. The molecule has 1 aromatic carbocycles. The third-order valence-corrected chi connectivity index (χ3v) is 3.58. The van der Waals surface area contributed by atoms with E-state index in [0.29, 0.717) is 19.5 Å². The number of rotatable bonds is 4. The molecule has 1 saturated heterocycles. The Kier molecular flexibility index (Phi) is 3.48. The summed E-state index contributed by atoms with van der Waals surface area (Å²) in [5.74, 6) is -0.304. The van der Waals surface area contributed by atoms with E-state index in [0.717, 1.165) is 11.3 Å². The standard InChI is InChI=1S/C14H14F3N3/c15-11-1-3-12(4-2-11)20-9-10(7-18-20)8-19-6-5-13(19)14(16)17/h1-4,7,9,13-14H,5-6,8H2. The first-order valence-corrected chi connectivity index (χ1v) is 6.45. The van der Waals surface area contributed by atoms with Crippen molar-refractivity contribution in [2.45, 2.75) is 25.4 Å². The fourth-order valence-corrected chi connectivity index (χ4v) is 2.35. The molecule has 1 unspecified atom stereocenters. The van der Waals surface area contributed by atoms with E-state index in [1.807, 2.05) is 0 Å². The van der Waals surface area contributed by atoms with Crippen LogP contribution in [0.3, 0.4) is 0 Å². The van der Waals surface area contributed by atoms with Gasteiger partial charge in [0.15, 0.2) is 0 Å². The van der Waals surface area contributed by atoms with E-state index in [-0.39, 0.29) is 5.82 Å². The molecule has 0 radical (unpaired) electrons. The predicted molar refractivity (Wildman–Crippen MR) is 68.3 cm³/mol. The Bertz CT molecular complexity index is 580. The minimum atomic E-state index is -2.30. The van der Waals surface area contributed by atoms with Gasteiger partial charge in [-0.3, -0.25) is 4.90 Å². The predicted octanol–water partition coefficient (Wildman–Crippen LogP) is 2.85. The molecule has 0 aliphatic carbocycles. The highest BCUT2D eigenvalue weighted by atomic mass is 19.3. The number of halogens is 3. The maximum atomic E-state index is 12.8. The second-order valence-electron chi connectivity index (χ2n) is 4.93. The molecule has 106 valence electrons. The van der Waals surface area contributed by atoms with E-state index >= 15 is 0 Å². The second kappa shape index (κ2) is 5.28. The molecule has 1 fully saturated rings. The molecule has 0 saturated carbocycles. The second-order valence-corrected chi connectivity index (χ2v) is 4.93. The van der Waals surface area contributed by atoms with Gasteiger partial charge >= 0.3 is 0 Å². The first-order chi connectivity index (χ1) is 9.63. The zero-order valence-corrected chi connectivity index (χ0v) is 10.7. The molecule has 1 atom stereocenters. The molecule has 1 aliphatic rings. The van der Waals surface area contributed by atoms with E-state index in [9.17, 15) is 13.2 Å². The molecule has 0 N–H and O–H groups in total. The summed E-state index contributed by atoms with van der Waals surface area (Å²) in [5, 5.41) is 4.18. The smallest absolute Gasteiger partial charge is 0.253 e. The highest BCUT2D eigenvalue weighted by Crippen LogP contribution is 2.25. The van der Waals surface area contributed by atoms with Crippen molar-refractivity contribution in [2.75, 3.05) is 6.54 Å². The van der Waals surface area contributed by atoms with Gasteiger partial charge in [0, 0.05) is 24.8 Å². The lowest BCUT2D eigenvalue weighted by Gasteiger charge is -2.40. The molecule has 2 heterocycles. The monoisotopic (exact) mass is 281 g/mol. The molecule has 0 spiro atoms. The van der Waals surface area contributed by atoms with Crippen LogP contribution in [-0.2, 0) is 6.54 Å². The highest BCUT2D eigenvalue weighted by molar-refractivity contribution is 5.31. The minimum absolute atomic E-state index is 0.304. The molecular weight excluding hydrogens is 267 g/mol. The van der Waals surface area contributed by atoms with Crippen molar-refractivity contribution in [3.05, 3.63) is 48.0 Å². The van der Waals surface area contributed by atoms with Gasteiger partial charge in [-0.15, -0.1) is 0 Å². The summed E-state index contributed by atoms with van der Waals surface area (Å²) in [5.41, 5.74) is 1.62. The summed E-state index contributed by atoms with van der Waals surface area (Å²) in [7, 11) is 0. The summed E-state index contributed by atoms with van der Waals surface area (Å²) in [4.78, 5) is 1.75. The van der Waals surface area contributed by atoms with E-state index in [2.05, 4.69) is 5.10 Å². The van der Waals surface area contributed by atoms with Crippen LogP contribution in [-0.4, -0.2) is 33.7 Å². The van der Waals surface area contributed by atoms with Crippen molar-refractivity contribution >= 4 is 0 Å². The van der Waals surface area contributed by atoms with E-state index < -0.39 is 12.5 Å². The third kappa shape index (κ3) is 2.56. The van der Waals surface area contributed by atoms with Crippen LogP contribution in [0.15, 0.2) is 36.7 Å². The Labute approximate surface area is 114 Å². The average Bonchev–Trinajstić information content (AvgIpc) is 2.83. The van der Waals surface area contributed by atoms with Crippen molar-refractivity contribution < 1.29 is 13.2 Å². The topological polar surface area (TPSA) is 21.1 Å². The van der Waals surface area contributed by atoms with Gasteiger partial charge in [0.05, 0.1) is 17.9 Å². The molecule has 0 amide bonds. The quantitative estimate of drug-likeness (QED) is 0.859. The largest absolute Gasteiger partial charge is 0.290 e. The summed E-state index contributed by atoms with van der Waals surface area (Å²) < 4.78 is 39.7. The van der Waals surface area contributed by atoms with Crippen molar-refractivity contribution in [3.63, 3.8) is 0 Å². The van der Waals surface area contributed by atoms with Gasteiger partial charge in [0.1, 0.15) is 5.82 Å². The molecule has 6 heteroatoms. The number of likely N-dealkylation sites (tertiary alicyclic amines) is 1. The lowest BCUT2D eigenvalue weighted by molar-refractivity contribution is -0.0388. The number of hydrogen-bond acceptors (Lipinski definition) is 2. The molecule has 3 nitrogen and oxygen atoms in total. The zero-order valence-electron chi connectivity index (χ0n) is 10.7. The van der Waals surface area contributed by atoms with Crippen LogP contribution in [0.5, 0.6) is 0 Å². The Morgan fingerprint density at radius 1 is 1.25 bits per heavy atom. The van der Waals surface area contributed by atoms with E-state index in [1.165, 1.54) is 12.1 Å². The Morgan fingerprint density at radius 2 is 2.00 bits per heavy atom. The molecule has 20 heavy (non-hydrogen) atoms. The summed E-state index contributed by atoms with van der Waals surface area (Å²) >= 11 is 0. The average molecular weight is 281 g/mol. The Morgan fingerprint density at radius 3 is 2.60 bits per heavy atom. The summed E-state index contributed by atoms with van der Waals surface area (Å²) in [6.45, 7) is 1.16. The minimum Gasteiger partial charge on any atom is -0.290 e. The van der Waals surface area contributed by atoms with Crippen molar-refractivity contribution in [1.29, 1.82) is 0 Å². The molecule has 1 aliphatic heterocycles. The van der Waals surface area contributed by atoms with Gasteiger partial charge in [-0.1, -0.05) is 0 Å². The maximum absolute atomic E-state index is 12.8. The van der Waals surface area contributed by atoms with Crippen molar-refractivity contribution in [1.82, 2.24) is 14.7 Å². The first kappa shape index (κ1) is 13.2. The first-order valence-electron chi connectivity index (χ1n) is 6.45. The van der Waals surface area contributed by atoms with E-state index in [1.54, 1.807) is 34.1 Å². The van der Waals surface area contributed by atoms with Gasteiger partial charge in [-0.25, -0.2) is 17.9 Å². The van der Waals surface area contributed by atoms with Crippen LogP contribution in [0, 0.1) is 5.82 Å². The Hall–Kier alpha value is -1.82.